The largest absolute Gasteiger partial charge is 0.475 e. The SMILES string of the molecule is COC(=O)[C@H]1CN(C(=O)CN(Cc2ccc(Cl)cc2)S(=O)(=O)c2ccc(Br)cc2)c2ccccc2O1. The minimum atomic E-state index is -4.06. The number of carbonyl (C=O) groups is 2. The highest BCUT2D eigenvalue weighted by molar-refractivity contribution is 9.10. The van der Waals surface area contributed by atoms with Gasteiger partial charge in [-0.3, -0.25) is 4.79 Å². The quantitative estimate of drug-likeness (QED) is 0.380. The third-order valence-electron chi connectivity index (χ3n) is 5.57. The summed E-state index contributed by atoms with van der Waals surface area (Å²) in [6, 6.07) is 19.6. The molecule has 0 aliphatic carbocycles. The van der Waals surface area contributed by atoms with Crippen molar-refractivity contribution in [3.8, 4) is 5.75 Å². The summed E-state index contributed by atoms with van der Waals surface area (Å²) in [6.07, 6.45) is -1.04. The van der Waals surface area contributed by atoms with Gasteiger partial charge in [0.1, 0.15) is 5.75 Å². The fraction of sp³-hybridized carbons (Fsp3) is 0.200. The molecule has 36 heavy (non-hydrogen) atoms. The Balaban J connectivity index is 1.68. The lowest BCUT2D eigenvalue weighted by atomic mass is 10.2. The van der Waals surface area contributed by atoms with Crippen molar-refractivity contribution in [3.05, 3.63) is 87.9 Å². The lowest BCUT2D eigenvalue weighted by molar-refractivity contribution is -0.148. The van der Waals surface area contributed by atoms with Gasteiger partial charge in [0.25, 0.3) is 0 Å². The highest BCUT2D eigenvalue weighted by Crippen LogP contribution is 2.34. The van der Waals surface area contributed by atoms with E-state index in [1.54, 1.807) is 60.7 Å². The van der Waals surface area contributed by atoms with Gasteiger partial charge in [-0.15, -0.1) is 0 Å². The number of hydrogen-bond donors (Lipinski definition) is 0. The predicted molar refractivity (Wildman–Crippen MR) is 138 cm³/mol. The van der Waals surface area contributed by atoms with Crippen LogP contribution in [0.4, 0.5) is 5.69 Å². The average Bonchev–Trinajstić information content (AvgIpc) is 2.88. The molecule has 0 radical (unpaired) electrons. The van der Waals surface area contributed by atoms with Gasteiger partial charge in [0.15, 0.2) is 0 Å². The van der Waals surface area contributed by atoms with E-state index in [2.05, 4.69) is 15.9 Å². The molecule has 0 unspecified atom stereocenters. The number of nitrogens with zero attached hydrogens (tertiary/aromatic N) is 2. The van der Waals surface area contributed by atoms with Crippen LogP contribution in [-0.4, -0.2) is 50.9 Å². The number of carbonyl (C=O) groups excluding carboxylic acids is 2. The lowest BCUT2D eigenvalue weighted by Gasteiger charge is -2.34. The van der Waals surface area contributed by atoms with Crippen molar-refractivity contribution >= 4 is 55.1 Å². The van der Waals surface area contributed by atoms with Crippen molar-refractivity contribution < 1.29 is 27.5 Å². The van der Waals surface area contributed by atoms with Gasteiger partial charge in [0.2, 0.25) is 22.0 Å². The first kappa shape index (κ1) is 26.2. The fourth-order valence-corrected chi connectivity index (χ4v) is 5.50. The summed E-state index contributed by atoms with van der Waals surface area (Å²) >= 11 is 9.30. The second-order valence-electron chi connectivity index (χ2n) is 7.96. The number of halogens is 2. The van der Waals surface area contributed by atoms with Gasteiger partial charge in [-0.2, -0.15) is 4.31 Å². The molecule has 1 aliphatic heterocycles. The summed E-state index contributed by atoms with van der Waals surface area (Å²) in [5.41, 5.74) is 1.10. The number of fused-ring (bicyclic) bond motifs is 1. The number of anilines is 1. The number of sulfonamides is 1. The van der Waals surface area contributed by atoms with Crippen molar-refractivity contribution in [1.82, 2.24) is 4.31 Å². The third-order valence-corrected chi connectivity index (χ3v) is 8.16. The van der Waals surface area contributed by atoms with Crippen LogP contribution in [0.3, 0.4) is 0 Å². The Morgan fingerprint density at radius 2 is 1.75 bits per heavy atom. The van der Waals surface area contributed by atoms with E-state index < -0.39 is 34.5 Å². The molecule has 1 amide bonds. The highest BCUT2D eigenvalue weighted by atomic mass is 79.9. The smallest absolute Gasteiger partial charge is 0.348 e. The molecule has 0 saturated heterocycles. The number of hydrogen-bond acceptors (Lipinski definition) is 6. The Morgan fingerprint density at radius 1 is 1.08 bits per heavy atom. The zero-order valence-electron chi connectivity index (χ0n) is 19.1. The Kier molecular flexibility index (Phi) is 7.99. The summed E-state index contributed by atoms with van der Waals surface area (Å²) in [7, 11) is -2.83. The van der Waals surface area contributed by atoms with Crippen LogP contribution in [0.5, 0.6) is 5.75 Å². The van der Waals surface area contributed by atoms with Gasteiger partial charge in [-0.05, 0) is 54.1 Å². The molecule has 0 saturated carbocycles. The van der Waals surface area contributed by atoms with Crippen LogP contribution in [0.25, 0.3) is 0 Å². The molecule has 8 nitrogen and oxygen atoms in total. The summed E-state index contributed by atoms with van der Waals surface area (Å²) in [4.78, 5) is 27.2. The molecule has 3 aromatic rings. The van der Waals surface area contributed by atoms with Crippen molar-refractivity contribution in [1.29, 1.82) is 0 Å². The van der Waals surface area contributed by atoms with Gasteiger partial charge in [0.05, 0.1) is 30.8 Å². The molecule has 0 N–H and O–H groups in total. The molecule has 188 valence electrons. The van der Waals surface area contributed by atoms with E-state index in [9.17, 15) is 18.0 Å². The van der Waals surface area contributed by atoms with Gasteiger partial charge in [-0.1, -0.05) is 51.8 Å². The fourth-order valence-electron chi connectivity index (χ4n) is 3.74. The zero-order chi connectivity index (χ0) is 25.9. The second kappa shape index (κ2) is 11.0. The van der Waals surface area contributed by atoms with Crippen molar-refractivity contribution in [2.75, 3.05) is 25.1 Å². The molecule has 0 spiro atoms. The molecule has 0 fully saturated rings. The Labute approximate surface area is 222 Å². The molecule has 11 heteroatoms. The summed E-state index contributed by atoms with van der Waals surface area (Å²) in [5, 5.41) is 0.510. The lowest BCUT2D eigenvalue weighted by Crippen LogP contribution is -2.50. The van der Waals surface area contributed by atoms with Crippen LogP contribution in [0.1, 0.15) is 5.56 Å². The topological polar surface area (TPSA) is 93.2 Å². The molecular weight excluding hydrogens is 572 g/mol. The molecule has 1 aliphatic rings. The van der Waals surface area contributed by atoms with E-state index in [0.29, 0.717) is 22.0 Å². The van der Waals surface area contributed by atoms with E-state index in [4.69, 9.17) is 21.1 Å². The molecule has 0 bridgehead atoms. The minimum Gasteiger partial charge on any atom is -0.475 e. The molecule has 1 atom stereocenters. The number of rotatable bonds is 7. The van der Waals surface area contributed by atoms with Crippen LogP contribution < -0.4 is 9.64 Å². The van der Waals surface area contributed by atoms with Gasteiger partial charge in [0, 0.05) is 16.0 Å². The van der Waals surface area contributed by atoms with Gasteiger partial charge in [-0.25, -0.2) is 13.2 Å². The number of esters is 1. The normalized spacial score (nSPS) is 15.2. The van der Waals surface area contributed by atoms with E-state index in [1.807, 2.05) is 0 Å². The molecule has 4 rings (SSSR count). The summed E-state index contributed by atoms with van der Waals surface area (Å²) < 4.78 is 39.6. The zero-order valence-corrected chi connectivity index (χ0v) is 22.3. The molecular formula is C25H22BrClN2O6S. The number of benzene rings is 3. The van der Waals surface area contributed by atoms with Gasteiger partial charge < -0.3 is 14.4 Å². The first-order chi connectivity index (χ1) is 17.2. The maximum Gasteiger partial charge on any atom is 0.348 e. The van der Waals surface area contributed by atoms with Crippen LogP contribution in [0, 0.1) is 0 Å². The second-order valence-corrected chi connectivity index (χ2v) is 11.2. The maximum atomic E-state index is 13.6. The van der Waals surface area contributed by atoms with E-state index >= 15 is 0 Å². The Hall–Kier alpha value is -2.92. The minimum absolute atomic E-state index is 0.0438. The van der Waals surface area contributed by atoms with Crippen LogP contribution in [0.15, 0.2) is 82.2 Å². The first-order valence-corrected chi connectivity index (χ1v) is 13.4. The standard InChI is InChI=1S/C25H22BrClN2O6S/c1-34-25(31)23-15-29(21-4-2-3-5-22(21)35-23)24(30)16-28(14-17-6-10-19(27)11-7-17)36(32,33)20-12-8-18(26)9-13-20/h2-13,23H,14-16H2,1H3/t23-/m1/s1. The molecule has 3 aromatic carbocycles. The predicted octanol–water partition coefficient (Wildman–Crippen LogP) is 4.26. The van der Waals surface area contributed by atoms with Crippen LogP contribution in [-0.2, 0) is 30.9 Å². The van der Waals surface area contributed by atoms with Crippen molar-refractivity contribution in [2.45, 2.75) is 17.5 Å². The van der Waals surface area contributed by atoms with Crippen molar-refractivity contribution in [3.63, 3.8) is 0 Å². The number of para-hydroxylation sites is 2. The average molecular weight is 594 g/mol. The third kappa shape index (κ3) is 5.73. The van der Waals surface area contributed by atoms with E-state index in [1.165, 1.54) is 24.1 Å². The van der Waals surface area contributed by atoms with Crippen molar-refractivity contribution in [2.24, 2.45) is 0 Å². The number of amides is 1. The summed E-state index contributed by atoms with van der Waals surface area (Å²) in [6.45, 7) is -0.646. The maximum absolute atomic E-state index is 13.6. The van der Waals surface area contributed by atoms with Gasteiger partial charge >= 0.3 is 5.97 Å². The molecule has 1 heterocycles. The number of methoxy groups -OCH3 is 1. The highest BCUT2D eigenvalue weighted by Gasteiger charge is 2.36. The molecule has 0 aromatic heterocycles. The van der Waals surface area contributed by atoms with Crippen LogP contribution in [0.2, 0.25) is 5.02 Å². The monoisotopic (exact) mass is 592 g/mol. The first-order valence-electron chi connectivity index (χ1n) is 10.8. The van der Waals surface area contributed by atoms with E-state index in [-0.39, 0.29) is 18.0 Å². The van der Waals surface area contributed by atoms with Crippen LogP contribution >= 0.6 is 27.5 Å². The summed E-state index contributed by atoms with van der Waals surface area (Å²) in [5.74, 6) is -0.829. The Morgan fingerprint density at radius 3 is 2.42 bits per heavy atom. The van der Waals surface area contributed by atoms with E-state index in [0.717, 1.165) is 8.78 Å². The Bertz CT molecular complexity index is 1370. The number of ether oxygens (including phenoxy) is 2.